The highest BCUT2D eigenvalue weighted by Gasteiger charge is 2.50. The summed E-state index contributed by atoms with van der Waals surface area (Å²) in [5.41, 5.74) is 4.34. The lowest BCUT2D eigenvalue weighted by molar-refractivity contribution is -0.341. The number of rotatable bonds is 16. The summed E-state index contributed by atoms with van der Waals surface area (Å²) in [4.78, 5) is 0. The zero-order valence-corrected chi connectivity index (χ0v) is 29.8. The first-order chi connectivity index (χ1) is 24.5. The lowest BCUT2D eigenvalue weighted by Crippen LogP contribution is -2.62. The Hall–Kier alpha value is -3.36. The first kappa shape index (κ1) is 36.4. The molecule has 1 aliphatic carbocycles. The van der Waals surface area contributed by atoms with Gasteiger partial charge < -0.3 is 28.4 Å². The van der Waals surface area contributed by atoms with Crippen molar-refractivity contribution in [1.82, 2.24) is 0 Å². The third kappa shape index (κ3) is 10.3. The van der Waals surface area contributed by atoms with Crippen molar-refractivity contribution in [3.63, 3.8) is 0 Å². The maximum Gasteiger partial charge on any atom is 0.187 e. The Morgan fingerprint density at radius 2 is 1.04 bits per heavy atom. The van der Waals surface area contributed by atoms with Crippen LogP contribution in [0.25, 0.3) is 0 Å². The van der Waals surface area contributed by atoms with Crippen molar-refractivity contribution in [3.8, 4) is 0 Å². The minimum atomic E-state index is -0.669. The van der Waals surface area contributed by atoms with E-state index in [1.54, 1.807) is 0 Å². The molecule has 4 aromatic carbocycles. The third-order valence-electron chi connectivity index (χ3n) is 10.1. The van der Waals surface area contributed by atoms with Crippen LogP contribution in [0, 0.1) is 17.8 Å². The Kier molecular flexibility index (Phi) is 13.7. The molecule has 2 unspecified atom stereocenters. The monoisotopic (exact) mass is 678 g/mol. The molecule has 1 aliphatic heterocycles. The van der Waals surface area contributed by atoms with Gasteiger partial charge in [-0.1, -0.05) is 149 Å². The minimum absolute atomic E-state index is 0.0500. The van der Waals surface area contributed by atoms with E-state index in [1.807, 2.05) is 72.8 Å². The molecule has 2 fully saturated rings. The maximum atomic E-state index is 7.13. The average molecular weight is 679 g/mol. The van der Waals surface area contributed by atoms with E-state index >= 15 is 0 Å². The van der Waals surface area contributed by atoms with Gasteiger partial charge in [0, 0.05) is 0 Å². The molecule has 0 N–H and O–H groups in total. The summed E-state index contributed by atoms with van der Waals surface area (Å²) >= 11 is 0. The summed E-state index contributed by atoms with van der Waals surface area (Å²) in [7, 11) is 0. The summed E-state index contributed by atoms with van der Waals surface area (Å²) in [5.74, 6) is 1.52. The van der Waals surface area contributed by atoms with Crippen LogP contribution >= 0.6 is 0 Å². The van der Waals surface area contributed by atoms with E-state index in [4.69, 9.17) is 28.4 Å². The molecule has 1 saturated carbocycles. The van der Waals surface area contributed by atoms with Crippen molar-refractivity contribution in [2.45, 2.75) is 103 Å². The van der Waals surface area contributed by atoms with Gasteiger partial charge in [0.15, 0.2) is 6.29 Å². The van der Waals surface area contributed by atoms with Gasteiger partial charge in [0.25, 0.3) is 0 Å². The van der Waals surface area contributed by atoms with E-state index in [-0.39, 0.29) is 6.10 Å². The average Bonchev–Trinajstić information content (AvgIpc) is 3.14. The molecule has 1 heterocycles. The van der Waals surface area contributed by atoms with Gasteiger partial charge in [-0.25, -0.2) is 0 Å². The zero-order chi connectivity index (χ0) is 34.5. The Labute approximate surface area is 299 Å². The van der Waals surface area contributed by atoms with Crippen LogP contribution < -0.4 is 0 Å². The summed E-state index contributed by atoms with van der Waals surface area (Å²) in [6.07, 6.45) is 0.756. The molecule has 0 spiro atoms. The van der Waals surface area contributed by atoms with E-state index in [0.29, 0.717) is 50.8 Å². The van der Waals surface area contributed by atoms with E-state index < -0.39 is 30.7 Å². The topological polar surface area (TPSA) is 55.4 Å². The van der Waals surface area contributed by atoms with Crippen molar-refractivity contribution < 1.29 is 28.4 Å². The lowest BCUT2D eigenvalue weighted by atomic mass is 9.75. The molecule has 6 nitrogen and oxygen atoms in total. The van der Waals surface area contributed by atoms with Gasteiger partial charge in [0.2, 0.25) is 0 Å². The van der Waals surface area contributed by atoms with Crippen LogP contribution in [0.4, 0.5) is 0 Å². The predicted molar refractivity (Wildman–Crippen MR) is 196 cm³/mol. The van der Waals surface area contributed by atoms with Crippen LogP contribution in [0.3, 0.4) is 0 Å². The Morgan fingerprint density at radius 1 is 0.580 bits per heavy atom. The minimum Gasteiger partial charge on any atom is -0.374 e. The molecule has 0 aromatic heterocycles. The normalized spacial score (nSPS) is 27.0. The third-order valence-corrected chi connectivity index (χ3v) is 10.1. The van der Waals surface area contributed by atoms with Gasteiger partial charge in [-0.2, -0.15) is 0 Å². The zero-order valence-electron chi connectivity index (χ0n) is 29.8. The van der Waals surface area contributed by atoms with E-state index in [0.717, 1.165) is 35.1 Å². The number of hydrogen-bond donors (Lipinski definition) is 0. The van der Waals surface area contributed by atoms with Crippen LogP contribution in [0.15, 0.2) is 121 Å². The van der Waals surface area contributed by atoms with Crippen LogP contribution in [0.5, 0.6) is 0 Å². The molecular formula is C44H54O6. The Morgan fingerprint density at radius 3 is 1.54 bits per heavy atom. The highest BCUT2D eigenvalue weighted by molar-refractivity contribution is 5.16. The number of benzene rings is 4. The largest absolute Gasteiger partial charge is 0.374 e. The van der Waals surface area contributed by atoms with E-state index in [2.05, 4.69) is 69.3 Å². The number of hydrogen-bond acceptors (Lipinski definition) is 6. The molecule has 2 aliphatic rings. The van der Waals surface area contributed by atoms with Crippen molar-refractivity contribution in [1.29, 1.82) is 0 Å². The van der Waals surface area contributed by atoms with Crippen molar-refractivity contribution in [3.05, 3.63) is 144 Å². The second kappa shape index (κ2) is 18.8. The first-order valence-electron chi connectivity index (χ1n) is 18.4. The van der Waals surface area contributed by atoms with Crippen LogP contribution in [-0.4, -0.2) is 43.4 Å². The molecule has 0 bridgehead atoms. The number of ether oxygens (including phenoxy) is 6. The van der Waals surface area contributed by atoms with Crippen LogP contribution in [0.2, 0.25) is 0 Å². The molecule has 1 saturated heterocycles. The van der Waals surface area contributed by atoms with E-state index in [9.17, 15) is 0 Å². The fraction of sp³-hybridized carbons (Fsp3) is 0.455. The smallest absolute Gasteiger partial charge is 0.187 e. The molecule has 4 aromatic rings. The van der Waals surface area contributed by atoms with Crippen molar-refractivity contribution in [2.24, 2.45) is 17.8 Å². The second-order valence-electron chi connectivity index (χ2n) is 14.3. The molecule has 6 rings (SSSR count). The van der Waals surface area contributed by atoms with Gasteiger partial charge in [0.1, 0.15) is 24.4 Å². The van der Waals surface area contributed by atoms with Gasteiger partial charge in [-0.15, -0.1) is 0 Å². The molecular weight excluding hydrogens is 624 g/mol. The highest BCUT2D eigenvalue weighted by atomic mass is 16.7. The summed E-state index contributed by atoms with van der Waals surface area (Å²) < 4.78 is 41.1. The summed E-state index contributed by atoms with van der Waals surface area (Å²) in [5, 5.41) is 0. The highest BCUT2D eigenvalue weighted by Crippen LogP contribution is 2.39. The maximum absolute atomic E-state index is 7.13. The molecule has 266 valence electrons. The molecule has 6 heteroatoms. The SMILES string of the molecule is CC(C)C1CC[C@H](C)C[C@@H]1OC1O[C@H](COCc2ccccc2)[C@@H](OCc2ccccc2)[C@H](OCc2ccccc2)[C@@H]1OCc1ccccc1. The predicted octanol–water partition coefficient (Wildman–Crippen LogP) is 9.16. The fourth-order valence-electron chi connectivity index (χ4n) is 7.30. The molecule has 0 amide bonds. The molecule has 0 radical (unpaired) electrons. The lowest BCUT2D eigenvalue weighted by Gasteiger charge is -2.48. The van der Waals surface area contributed by atoms with Gasteiger partial charge in [0.05, 0.1) is 39.1 Å². The Balaban J connectivity index is 1.33. The molecule has 50 heavy (non-hydrogen) atoms. The van der Waals surface area contributed by atoms with Gasteiger partial charge in [-0.3, -0.25) is 0 Å². The Bertz CT molecular complexity index is 1500. The molecule has 8 atom stereocenters. The van der Waals surface area contributed by atoms with Gasteiger partial charge >= 0.3 is 0 Å². The quantitative estimate of drug-likeness (QED) is 0.118. The van der Waals surface area contributed by atoms with Crippen molar-refractivity contribution >= 4 is 0 Å². The first-order valence-corrected chi connectivity index (χ1v) is 18.4. The van der Waals surface area contributed by atoms with E-state index in [1.165, 1.54) is 6.42 Å². The fourth-order valence-corrected chi connectivity index (χ4v) is 7.30. The standard InChI is InChI=1S/C44H54O6/c1-32(2)38-25-24-33(3)26-39(38)49-44-43(48-30-37-22-14-7-15-23-37)42(47-29-36-20-12-6-13-21-36)41(46-28-35-18-10-5-11-19-35)40(50-44)31-45-27-34-16-8-4-9-17-34/h4-23,32-33,38-44H,24-31H2,1-3H3/t33-,38?,39-,40+,41+,42-,43-,44?/m0/s1. The van der Waals surface area contributed by atoms with Crippen LogP contribution in [0.1, 0.15) is 62.3 Å². The summed E-state index contributed by atoms with van der Waals surface area (Å²) in [6, 6.07) is 41.0. The van der Waals surface area contributed by atoms with Gasteiger partial charge in [-0.05, 0) is 52.8 Å². The van der Waals surface area contributed by atoms with Crippen LogP contribution in [-0.2, 0) is 54.8 Å². The second-order valence-corrected chi connectivity index (χ2v) is 14.3. The summed E-state index contributed by atoms with van der Waals surface area (Å²) in [6.45, 7) is 8.94. The van der Waals surface area contributed by atoms with Crippen molar-refractivity contribution in [2.75, 3.05) is 6.61 Å².